The van der Waals surface area contributed by atoms with E-state index in [9.17, 15) is 0 Å². The first kappa shape index (κ1) is 10.1. The number of rotatable bonds is 2. The maximum atomic E-state index is 8.97. The third-order valence-electron chi connectivity index (χ3n) is 4.20. The van der Waals surface area contributed by atoms with Gasteiger partial charge < -0.3 is 4.57 Å². The number of imidazole rings is 1. The molecular formula is C15H15N3. The highest BCUT2D eigenvalue weighted by Gasteiger charge is 2.40. The van der Waals surface area contributed by atoms with Crippen molar-refractivity contribution in [2.24, 2.45) is 5.92 Å². The van der Waals surface area contributed by atoms with Crippen LogP contribution in [0.3, 0.4) is 0 Å². The summed E-state index contributed by atoms with van der Waals surface area (Å²) in [5, 5.41) is 8.97. The molecule has 2 fully saturated rings. The molecule has 3 heteroatoms. The van der Waals surface area contributed by atoms with Crippen LogP contribution in [0.5, 0.6) is 0 Å². The van der Waals surface area contributed by atoms with Gasteiger partial charge in [-0.2, -0.15) is 5.26 Å². The maximum Gasteiger partial charge on any atom is 0.113 e. The predicted molar refractivity (Wildman–Crippen MR) is 69.2 cm³/mol. The number of nitriles is 1. The molecule has 2 atom stereocenters. The predicted octanol–water partition coefficient (Wildman–Crippen LogP) is 3.37. The Morgan fingerprint density at radius 3 is 2.78 bits per heavy atom. The van der Waals surface area contributed by atoms with Crippen molar-refractivity contribution in [3.8, 4) is 6.07 Å². The van der Waals surface area contributed by atoms with Gasteiger partial charge in [0.05, 0.1) is 22.7 Å². The third kappa shape index (κ3) is 1.38. The highest BCUT2D eigenvalue weighted by Crippen LogP contribution is 2.50. The smallest absolute Gasteiger partial charge is 0.113 e. The lowest BCUT2D eigenvalue weighted by molar-refractivity contribution is 0.688. The van der Waals surface area contributed by atoms with Crippen molar-refractivity contribution >= 4 is 11.0 Å². The van der Waals surface area contributed by atoms with Crippen molar-refractivity contribution in [3.05, 3.63) is 29.6 Å². The largest absolute Gasteiger partial charge is 0.325 e. The molecule has 0 bridgehead atoms. The van der Waals surface area contributed by atoms with Crippen molar-refractivity contribution in [2.75, 3.05) is 0 Å². The molecule has 0 radical (unpaired) electrons. The van der Waals surface area contributed by atoms with Crippen LogP contribution in [0.2, 0.25) is 0 Å². The molecule has 90 valence electrons. The average molecular weight is 237 g/mol. The van der Waals surface area contributed by atoms with E-state index in [2.05, 4.69) is 23.6 Å². The van der Waals surface area contributed by atoms with E-state index in [4.69, 9.17) is 10.2 Å². The van der Waals surface area contributed by atoms with Crippen LogP contribution < -0.4 is 0 Å². The van der Waals surface area contributed by atoms with E-state index in [1.165, 1.54) is 30.6 Å². The Morgan fingerprint density at radius 2 is 2.17 bits per heavy atom. The average Bonchev–Trinajstić information content (AvgIpc) is 3.29. The van der Waals surface area contributed by atoms with Crippen molar-refractivity contribution in [1.82, 2.24) is 9.55 Å². The lowest BCUT2D eigenvalue weighted by Gasteiger charge is -2.06. The fourth-order valence-electron chi connectivity index (χ4n) is 2.85. The van der Waals surface area contributed by atoms with Gasteiger partial charge in [-0.3, -0.25) is 0 Å². The summed E-state index contributed by atoms with van der Waals surface area (Å²) in [5.41, 5.74) is 2.92. The van der Waals surface area contributed by atoms with Crippen molar-refractivity contribution < 1.29 is 0 Å². The molecule has 1 heterocycles. The zero-order chi connectivity index (χ0) is 12.3. The van der Waals surface area contributed by atoms with E-state index in [0.29, 0.717) is 17.5 Å². The normalized spacial score (nSPS) is 26.2. The molecule has 3 nitrogen and oxygen atoms in total. The summed E-state index contributed by atoms with van der Waals surface area (Å²) in [6.07, 6.45) is 3.82. The van der Waals surface area contributed by atoms with Crippen LogP contribution >= 0.6 is 0 Å². The summed E-state index contributed by atoms with van der Waals surface area (Å²) < 4.78 is 2.44. The first-order chi connectivity index (χ1) is 8.78. The van der Waals surface area contributed by atoms with Gasteiger partial charge in [-0.1, -0.05) is 6.92 Å². The fraction of sp³-hybridized carbons (Fsp3) is 0.467. The van der Waals surface area contributed by atoms with Crippen molar-refractivity contribution in [1.29, 1.82) is 5.26 Å². The minimum Gasteiger partial charge on any atom is -0.325 e. The molecule has 18 heavy (non-hydrogen) atoms. The van der Waals surface area contributed by atoms with E-state index < -0.39 is 0 Å². The van der Waals surface area contributed by atoms with Gasteiger partial charge in [-0.25, -0.2) is 4.98 Å². The zero-order valence-electron chi connectivity index (χ0n) is 10.4. The Hall–Kier alpha value is -1.82. The molecule has 2 unspecified atom stereocenters. The van der Waals surface area contributed by atoms with Gasteiger partial charge in [0.25, 0.3) is 0 Å². The molecule has 0 saturated heterocycles. The third-order valence-corrected chi connectivity index (χ3v) is 4.20. The second-order valence-electron chi connectivity index (χ2n) is 5.71. The van der Waals surface area contributed by atoms with Gasteiger partial charge in [0.1, 0.15) is 5.82 Å². The Balaban J connectivity index is 1.94. The summed E-state index contributed by atoms with van der Waals surface area (Å²) >= 11 is 0. The molecule has 2 aliphatic carbocycles. The van der Waals surface area contributed by atoms with Gasteiger partial charge in [0.2, 0.25) is 0 Å². The quantitative estimate of drug-likeness (QED) is 0.803. The highest BCUT2D eigenvalue weighted by molar-refractivity contribution is 5.78. The summed E-state index contributed by atoms with van der Waals surface area (Å²) in [6, 6.07) is 8.75. The van der Waals surface area contributed by atoms with Gasteiger partial charge >= 0.3 is 0 Å². The maximum absolute atomic E-state index is 8.97. The molecular weight excluding hydrogens is 222 g/mol. The molecule has 4 rings (SSSR count). The zero-order valence-corrected chi connectivity index (χ0v) is 10.4. The van der Waals surface area contributed by atoms with Crippen LogP contribution in [0.25, 0.3) is 11.0 Å². The number of hydrogen-bond donors (Lipinski definition) is 0. The lowest BCUT2D eigenvalue weighted by Crippen LogP contribution is -2.00. The molecule has 2 aliphatic rings. The molecule has 0 aliphatic heterocycles. The SMILES string of the molecule is CC1CC1c1nc2cc(C#N)ccc2n1C1CC1. The van der Waals surface area contributed by atoms with Crippen LogP contribution in [0.15, 0.2) is 18.2 Å². The van der Waals surface area contributed by atoms with E-state index in [1.807, 2.05) is 12.1 Å². The number of aromatic nitrogens is 2. The van der Waals surface area contributed by atoms with E-state index >= 15 is 0 Å². The van der Waals surface area contributed by atoms with E-state index in [-0.39, 0.29) is 0 Å². The Kier molecular flexibility index (Phi) is 1.89. The molecule has 1 aromatic heterocycles. The lowest BCUT2D eigenvalue weighted by atomic mass is 10.2. The van der Waals surface area contributed by atoms with Gasteiger partial charge in [0.15, 0.2) is 0 Å². The summed E-state index contributed by atoms with van der Waals surface area (Å²) in [5.74, 6) is 2.67. The van der Waals surface area contributed by atoms with Gasteiger partial charge in [-0.15, -0.1) is 0 Å². The standard InChI is InChI=1S/C15H15N3/c1-9-6-12(9)15-17-13-7-10(8-16)2-5-14(13)18(15)11-3-4-11/h2,5,7,9,11-12H,3-4,6H2,1H3. The van der Waals surface area contributed by atoms with Crippen LogP contribution in [-0.4, -0.2) is 9.55 Å². The molecule has 0 spiro atoms. The van der Waals surface area contributed by atoms with Gasteiger partial charge in [-0.05, 0) is 43.4 Å². The van der Waals surface area contributed by atoms with Crippen LogP contribution in [0.4, 0.5) is 0 Å². The topological polar surface area (TPSA) is 41.6 Å². The summed E-state index contributed by atoms with van der Waals surface area (Å²) in [7, 11) is 0. The van der Waals surface area contributed by atoms with Gasteiger partial charge in [0, 0.05) is 12.0 Å². The minimum atomic E-state index is 0.642. The molecule has 1 aromatic carbocycles. The van der Waals surface area contributed by atoms with Crippen molar-refractivity contribution in [2.45, 2.75) is 38.1 Å². The number of benzene rings is 1. The Morgan fingerprint density at radius 1 is 1.39 bits per heavy atom. The van der Waals surface area contributed by atoms with Crippen LogP contribution in [-0.2, 0) is 0 Å². The monoisotopic (exact) mass is 237 g/mol. The van der Waals surface area contributed by atoms with Crippen molar-refractivity contribution in [3.63, 3.8) is 0 Å². The number of hydrogen-bond acceptors (Lipinski definition) is 2. The minimum absolute atomic E-state index is 0.642. The first-order valence-electron chi connectivity index (χ1n) is 6.70. The number of fused-ring (bicyclic) bond motifs is 1. The van der Waals surface area contributed by atoms with E-state index in [1.54, 1.807) is 0 Å². The van der Waals surface area contributed by atoms with E-state index in [0.717, 1.165) is 11.4 Å². The van der Waals surface area contributed by atoms with Crippen LogP contribution in [0.1, 0.15) is 49.5 Å². The molecule has 2 saturated carbocycles. The Labute approximate surface area is 106 Å². The molecule has 2 aromatic rings. The number of nitrogens with zero attached hydrogens (tertiary/aromatic N) is 3. The summed E-state index contributed by atoms with van der Waals surface area (Å²) in [4.78, 5) is 4.81. The second kappa shape index (κ2) is 3.35. The molecule has 0 amide bonds. The highest BCUT2D eigenvalue weighted by atomic mass is 15.1. The Bertz CT molecular complexity index is 673. The first-order valence-corrected chi connectivity index (χ1v) is 6.70. The van der Waals surface area contributed by atoms with Crippen LogP contribution in [0, 0.1) is 17.2 Å². The molecule has 0 N–H and O–H groups in total. The second-order valence-corrected chi connectivity index (χ2v) is 5.71. The summed E-state index contributed by atoms with van der Waals surface area (Å²) in [6.45, 7) is 2.29. The fourth-order valence-corrected chi connectivity index (χ4v) is 2.85.